The number of aryl methyl sites for hydroxylation is 1. The van der Waals surface area contributed by atoms with E-state index in [1.807, 2.05) is 4.90 Å². The van der Waals surface area contributed by atoms with E-state index < -0.39 is 0 Å². The maximum Gasteiger partial charge on any atom is 0.258 e. The number of likely N-dealkylation sites (tertiary alicyclic amines) is 1. The van der Waals surface area contributed by atoms with Gasteiger partial charge in [0.15, 0.2) is 11.5 Å². The van der Waals surface area contributed by atoms with Gasteiger partial charge in [-0.2, -0.15) is 0 Å². The zero-order chi connectivity index (χ0) is 20.7. The van der Waals surface area contributed by atoms with Gasteiger partial charge in [-0.3, -0.25) is 4.79 Å². The van der Waals surface area contributed by atoms with Gasteiger partial charge in [0.05, 0.1) is 21.3 Å². The van der Waals surface area contributed by atoms with Crippen LogP contribution >= 0.6 is 0 Å². The van der Waals surface area contributed by atoms with E-state index >= 15 is 0 Å². The normalized spacial score (nSPS) is 20.8. The highest BCUT2D eigenvalue weighted by molar-refractivity contribution is 6.08. The predicted molar refractivity (Wildman–Crippen MR) is 113 cm³/mol. The van der Waals surface area contributed by atoms with Crippen LogP contribution in [0.25, 0.3) is 0 Å². The molecule has 0 unspecified atom stereocenters. The van der Waals surface area contributed by atoms with Gasteiger partial charge in [0.2, 0.25) is 5.75 Å². The lowest BCUT2D eigenvalue weighted by molar-refractivity contribution is 0.0964. The third kappa shape index (κ3) is 3.21. The first-order valence-corrected chi connectivity index (χ1v) is 9.91. The number of rotatable bonds is 4. The van der Waals surface area contributed by atoms with Crippen molar-refractivity contribution >= 4 is 11.6 Å². The lowest BCUT2D eigenvalue weighted by atomic mass is 9.88. The van der Waals surface area contributed by atoms with Crippen LogP contribution in [0.15, 0.2) is 30.3 Å². The molecule has 6 heteroatoms. The zero-order valence-corrected chi connectivity index (χ0v) is 17.7. The summed E-state index contributed by atoms with van der Waals surface area (Å²) >= 11 is 0. The van der Waals surface area contributed by atoms with E-state index in [1.54, 1.807) is 33.5 Å². The molecule has 2 atom stereocenters. The molecule has 29 heavy (non-hydrogen) atoms. The number of piperidine rings is 1. The topological polar surface area (TPSA) is 51.2 Å². The molecule has 6 nitrogen and oxygen atoms in total. The monoisotopic (exact) mass is 396 g/mol. The molecule has 154 valence electrons. The molecule has 2 aromatic rings. The maximum absolute atomic E-state index is 13.7. The lowest BCUT2D eigenvalue weighted by Crippen LogP contribution is -2.47. The summed E-state index contributed by atoms with van der Waals surface area (Å²) in [5.41, 5.74) is 4.03. The summed E-state index contributed by atoms with van der Waals surface area (Å²) in [6.07, 6.45) is 0.949. The van der Waals surface area contributed by atoms with E-state index in [0.29, 0.717) is 28.7 Å². The number of anilines is 1. The molecule has 0 spiro atoms. The van der Waals surface area contributed by atoms with Crippen molar-refractivity contribution in [2.75, 3.05) is 46.4 Å². The molecule has 2 heterocycles. The molecule has 0 aromatic heterocycles. The molecule has 1 saturated heterocycles. The average Bonchev–Trinajstić information content (AvgIpc) is 3.04. The Bertz CT molecular complexity index is 917. The van der Waals surface area contributed by atoms with Gasteiger partial charge in [-0.05, 0) is 50.7 Å². The number of likely N-dealkylation sites (N-methyl/N-ethyl adjacent to an activating group) is 1. The van der Waals surface area contributed by atoms with E-state index in [-0.39, 0.29) is 11.9 Å². The first kappa shape index (κ1) is 19.6. The van der Waals surface area contributed by atoms with Crippen LogP contribution in [0.4, 0.5) is 5.69 Å². The van der Waals surface area contributed by atoms with E-state index in [1.165, 1.54) is 11.1 Å². The molecule has 0 aliphatic carbocycles. The SMILES string of the molecule is COc1cc(C(=O)N2c3ccc(C)cc3[C@H]3CN(C)CC[C@@H]32)cc(OC)c1OC. The average molecular weight is 396 g/mol. The number of carbonyl (C=O) groups is 1. The van der Waals surface area contributed by atoms with Crippen LogP contribution in [-0.2, 0) is 0 Å². The number of ether oxygens (including phenoxy) is 3. The summed E-state index contributed by atoms with van der Waals surface area (Å²) in [5, 5.41) is 0. The summed E-state index contributed by atoms with van der Waals surface area (Å²) in [4.78, 5) is 18.1. The minimum atomic E-state index is -0.0357. The molecule has 2 aromatic carbocycles. The number of hydrogen-bond acceptors (Lipinski definition) is 5. The van der Waals surface area contributed by atoms with Gasteiger partial charge in [-0.15, -0.1) is 0 Å². The van der Waals surface area contributed by atoms with Crippen molar-refractivity contribution in [1.82, 2.24) is 4.90 Å². The van der Waals surface area contributed by atoms with Crippen molar-refractivity contribution in [2.24, 2.45) is 0 Å². The van der Waals surface area contributed by atoms with Crippen LogP contribution in [0.1, 0.15) is 33.8 Å². The summed E-state index contributed by atoms with van der Waals surface area (Å²) in [7, 11) is 6.83. The molecule has 2 aliphatic heterocycles. The summed E-state index contributed by atoms with van der Waals surface area (Å²) in [6, 6.07) is 10.0. The highest BCUT2D eigenvalue weighted by Gasteiger charge is 2.44. The van der Waals surface area contributed by atoms with Gasteiger partial charge in [-0.1, -0.05) is 17.7 Å². The van der Waals surface area contributed by atoms with Crippen LogP contribution in [0.2, 0.25) is 0 Å². The van der Waals surface area contributed by atoms with Gasteiger partial charge < -0.3 is 24.0 Å². The third-order valence-corrected chi connectivity index (χ3v) is 6.08. The van der Waals surface area contributed by atoms with Gasteiger partial charge >= 0.3 is 0 Å². The summed E-state index contributed by atoms with van der Waals surface area (Å²) < 4.78 is 16.3. The molecule has 2 aliphatic rings. The summed E-state index contributed by atoms with van der Waals surface area (Å²) in [6.45, 7) is 4.04. The highest BCUT2D eigenvalue weighted by Crippen LogP contribution is 2.46. The number of methoxy groups -OCH3 is 3. The van der Waals surface area contributed by atoms with Crippen LogP contribution in [0.5, 0.6) is 17.2 Å². The van der Waals surface area contributed by atoms with Crippen LogP contribution in [0.3, 0.4) is 0 Å². The van der Waals surface area contributed by atoms with Gasteiger partial charge in [-0.25, -0.2) is 0 Å². The number of fused-ring (bicyclic) bond motifs is 3. The van der Waals surface area contributed by atoms with Crippen molar-refractivity contribution in [1.29, 1.82) is 0 Å². The summed E-state index contributed by atoms with van der Waals surface area (Å²) in [5.74, 6) is 1.75. The second-order valence-electron chi connectivity index (χ2n) is 7.88. The molecule has 0 saturated carbocycles. The fourth-order valence-electron chi connectivity index (χ4n) is 4.69. The fourth-order valence-corrected chi connectivity index (χ4v) is 4.69. The quantitative estimate of drug-likeness (QED) is 0.792. The number of amides is 1. The van der Waals surface area contributed by atoms with Gasteiger partial charge in [0.25, 0.3) is 5.91 Å². The Morgan fingerprint density at radius 3 is 2.34 bits per heavy atom. The van der Waals surface area contributed by atoms with Crippen molar-refractivity contribution in [2.45, 2.75) is 25.3 Å². The van der Waals surface area contributed by atoms with Gasteiger partial charge in [0, 0.05) is 29.8 Å². The third-order valence-electron chi connectivity index (χ3n) is 6.08. The fraction of sp³-hybridized carbons (Fsp3) is 0.435. The Morgan fingerprint density at radius 2 is 1.72 bits per heavy atom. The first-order valence-electron chi connectivity index (χ1n) is 9.91. The molecule has 0 N–H and O–H groups in total. The largest absolute Gasteiger partial charge is 0.493 e. The Morgan fingerprint density at radius 1 is 1.03 bits per heavy atom. The number of carbonyl (C=O) groups excluding carboxylic acids is 1. The van der Waals surface area contributed by atoms with Crippen molar-refractivity contribution in [3.63, 3.8) is 0 Å². The molecule has 1 amide bonds. The van der Waals surface area contributed by atoms with Crippen molar-refractivity contribution in [3.05, 3.63) is 47.0 Å². The molecular formula is C23H28N2O4. The molecule has 0 radical (unpaired) electrons. The Hall–Kier alpha value is -2.73. The predicted octanol–water partition coefficient (Wildman–Crippen LogP) is 3.47. The second kappa shape index (κ2) is 7.59. The van der Waals surface area contributed by atoms with E-state index in [9.17, 15) is 4.79 Å². The molecular weight excluding hydrogens is 368 g/mol. The van der Waals surface area contributed by atoms with Crippen molar-refractivity contribution in [3.8, 4) is 17.2 Å². The van der Waals surface area contributed by atoms with Crippen molar-refractivity contribution < 1.29 is 19.0 Å². The smallest absolute Gasteiger partial charge is 0.258 e. The lowest BCUT2D eigenvalue weighted by Gasteiger charge is -2.36. The Balaban J connectivity index is 1.79. The van der Waals surface area contributed by atoms with E-state index in [2.05, 4.69) is 37.1 Å². The zero-order valence-electron chi connectivity index (χ0n) is 17.7. The Kier molecular flexibility index (Phi) is 5.13. The number of benzene rings is 2. The van der Waals surface area contributed by atoms with Crippen LogP contribution < -0.4 is 19.1 Å². The van der Waals surface area contributed by atoms with Crippen LogP contribution in [0, 0.1) is 6.92 Å². The molecule has 1 fully saturated rings. The van der Waals surface area contributed by atoms with Gasteiger partial charge in [0.1, 0.15) is 0 Å². The maximum atomic E-state index is 13.7. The number of hydrogen-bond donors (Lipinski definition) is 0. The highest BCUT2D eigenvalue weighted by atomic mass is 16.5. The minimum absolute atomic E-state index is 0.0357. The number of nitrogens with zero attached hydrogens (tertiary/aromatic N) is 2. The van der Waals surface area contributed by atoms with E-state index in [4.69, 9.17) is 14.2 Å². The van der Waals surface area contributed by atoms with E-state index in [0.717, 1.165) is 25.2 Å². The van der Waals surface area contributed by atoms with Crippen LogP contribution in [-0.4, -0.2) is 58.3 Å². The first-order chi connectivity index (χ1) is 14.0. The standard InChI is InChI=1S/C23H28N2O4/c1-14-6-7-18-16(10-14)17-13-24(2)9-8-19(17)25(18)23(26)15-11-20(27-3)22(29-5)21(12-15)28-4/h6-7,10-12,17,19H,8-9,13H2,1-5H3/t17-,19+/m1/s1. The molecule has 4 rings (SSSR count). The second-order valence-corrected chi connectivity index (χ2v) is 7.88. The minimum Gasteiger partial charge on any atom is -0.493 e. The molecule has 0 bridgehead atoms. The Labute approximate surface area is 172 Å².